The Morgan fingerprint density at radius 1 is 1.28 bits per heavy atom. The van der Waals surface area contributed by atoms with E-state index in [2.05, 4.69) is 25.0 Å². The number of nitrogens with zero attached hydrogens (tertiary/aromatic N) is 2. The quantitative estimate of drug-likeness (QED) is 0.482. The van der Waals surface area contributed by atoms with E-state index in [0.717, 1.165) is 0 Å². The third-order valence-electron chi connectivity index (χ3n) is 5.18. The van der Waals surface area contributed by atoms with E-state index >= 15 is 0 Å². The Labute approximate surface area is 173 Å². The Morgan fingerprint density at radius 2 is 1.97 bits per heavy atom. The van der Waals surface area contributed by atoms with Crippen LogP contribution in [0.4, 0.5) is 10.5 Å². The molecule has 1 aromatic rings. The van der Waals surface area contributed by atoms with Crippen molar-refractivity contribution in [2.45, 2.75) is 50.3 Å². The molecule has 1 saturated heterocycles. The lowest BCUT2D eigenvalue weighted by molar-refractivity contribution is 0.102. The topological polar surface area (TPSA) is 146 Å². The predicted molar refractivity (Wildman–Crippen MR) is 107 cm³/mol. The number of ether oxygens (including phenoxy) is 1. The van der Waals surface area contributed by atoms with Gasteiger partial charge in [0, 0.05) is 32.1 Å². The van der Waals surface area contributed by atoms with Crippen molar-refractivity contribution in [2.24, 2.45) is 0 Å². The summed E-state index contributed by atoms with van der Waals surface area (Å²) in [5.41, 5.74) is 0.0585. The molecule has 0 bridgehead atoms. The zero-order valence-electron chi connectivity index (χ0n) is 16.0. The van der Waals surface area contributed by atoms with Gasteiger partial charge >= 0.3 is 6.09 Å². The first-order valence-corrected chi connectivity index (χ1v) is 11.3. The maximum absolute atomic E-state index is 12.2. The summed E-state index contributed by atoms with van der Waals surface area (Å²) < 4.78 is 33.4. The number of amides is 1. The molecule has 1 aliphatic carbocycles. The van der Waals surface area contributed by atoms with E-state index in [1.54, 1.807) is 0 Å². The first-order chi connectivity index (χ1) is 13.8. The van der Waals surface area contributed by atoms with Gasteiger partial charge in [0.1, 0.15) is 11.1 Å². The van der Waals surface area contributed by atoms with Gasteiger partial charge in [-0.2, -0.15) is 18.2 Å². The highest BCUT2D eigenvalue weighted by molar-refractivity contribution is 7.87. The minimum absolute atomic E-state index is 0.0540. The second-order valence-electron chi connectivity index (χ2n) is 7.18. The average molecular weight is 449 g/mol. The van der Waals surface area contributed by atoms with Gasteiger partial charge in [0.15, 0.2) is 0 Å². The van der Waals surface area contributed by atoms with E-state index in [4.69, 9.17) is 16.3 Å². The van der Waals surface area contributed by atoms with Gasteiger partial charge in [0.05, 0.1) is 18.4 Å². The molecule has 2 aliphatic rings. The van der Waals surface area contributed by atoms with E-state index < -0.39 is 21.9 Å². The van der Waals surface area contributed by atoms with Crippen LogP contribution in [0.5, 0.6) is 0 Å². The smallest absolute Gasteiger partial charge is 0.407 e. The zero-order valence-corrected chi connectivity index (χ0v) is 17.6. The number of carbonyl (C=O) groups excluding carboxylic acids is 1. The third-order valence-corrected chi connectivity index (χ3v) is 6.72. The molecule has 1 atom stereocenters. The van der Waals surface area contributed by atoms with Gasteiger partial charge in [0.25, 0.3) is 15.8 Å². The van der Waals surface area contributed by atoms with Crippen molar-refractivity contribution in [2.75, 3.05) is 25.0 Å². The summed E-state index contributed by atoms with van der Waals surface area (Å²) in [7, 11) is -2.10. The molecule has 1 aliphatic heterocycles. The monoisotopic (exact) mass is 448 g/mol. The summed E-state index contributed by atoms with van der Waals surface area (Å²) in [5.74, 6) is 0. The number of H-pyrrole nitrogens is 1. The molecule has 2 heterocycles. The second-order valence-corrected chi connectivity index (χ2v) is 9.21. The molecule has 0 radical (unpaired) electrons. The Hall–Kier alpha value is -1.89. The lowest BCUT2D eigenvalue weighted by atomic mass is 9.92. The van der Waals surface area contributed by atoms with E-state index in [9.17, 15) is 18.0 Å². The molecule has 2 fully saturated rings. The number of aromatic nitrogens is 2. The number of anilines is 1. The maximum atomic E-state index is 12.2. The minimum atomic E-state index is -3.46. The molecular formula is C16H25ClN6O5S. The second kappa shape index (κ2) is 9.28. The fraction of sp³-hybridized carbons (Fsp3) is 0.688. The van der Waals surface area contributed by atoms with E-state index in [1.165, 1.54) is 13.2 Å². The first kappa shape index (κ1) is 21.8. The fourth-order valence-electron chi connectivity index (χ4n) is 3.62. The highest BCUT2D eigenvalue weighted by Crippen LogP contribution is 2.26. The molecular weight excluding hydrogens is 424 g/mol. The third kappa shape index (κ3) is 5.81. The lowest BCUT2D eigenvalue weighted by Crippen LogP contribution is -2.46. The van der Waals surface area contributed by atoms with Gasteiger partial charge in [-0.1, -0.05) is 11.6 Å². The highest BCUT2D eigenvalue weighted by atomic mass is 35.5. The van der Waals surface area contributed by atoms with Crippen molar-refractivity contribution >= 4 is 33.6 Å². The van der Waals surface area contributed by atoms with E-state index in [0.29, 0.717) is 50.9 Å². The molecule has 0 spiro atoms. The van der Waals surface area contributed by atoms with Crippen LogP contribution in [0.15, 0.2) is 11.0 Å². The number of hydrogen-bond donors (Lipinski definition) is 4. The number of hydrogen-bond acceptors (Lipinski definition) is 7. The molecule has 1 saturated carbocycles. The molecule has 0 aromatic carbocycles. The normalized spacial score (nSPS) is 25.0. The zero-order chi connectivity index (χ0) is 21.0. The van der Waals surface area contributed by atoms with Crippen LogP contribution in [0, 0.1) is 0 Å². The van der Waals surface area contributed by atoms with Crippen molar-refractivity contribution < 1.29 is 17.9 Å². The van der Waals surface area contributed by atoms with Crippen LogP contribution >= 0.6 is 11.6 Å². The Bertz CT molecular complexity index is 886. The minimum Gasteiger partial charge on any atom is -0.444 e. The Morgan fingerprint density at radius 3 is 2.66 bits per heavy atom. The Balaban J connectivity index is 1.43. The predicted octanol–water partition coefficient (Wildman–Crippen LogP) is 0.0932. The standard InChI is InChI=1S/C16H25ClN6O5S/c1-18-29(26,27)22-11-4-2-10(3-5-11)20-16(25)28-12-6-7-23(9-12)13-8-19-21-15(24)14(13)17/h8,10-12,18,22H,2-7,9H2,1H3,(H,20,25)(H,21,24)/t10-,11-,12-/m1/s1. The molecule has 1 aromatic heterocycles. The van der Waals surface area contributed by atoms with Gasteiger partial charge in [-0.15, -0.1) is 0 Å². The molecule has 1 amide bonds. The van der Waals surface area contributed by atoms with Crippen LogP contribution in [0.2, 0.25) is 5.02 Å². The van der Waals surface area contributed by atoms with E-state index in [1.807, 2.05) is 4.90 Å². The lowest BCUT2D eigenvalue weighted by Gasteiger charge is -2.29. The molecule has 29 heavy (non-hydrogen) atoms. The highest BCUT2D eigenvalue weighted by Gasteiger charge is 2.30. The summed E-state index contributed by atoms with van der Waals surface area (Å²) in [6.07, 6.45) is 3.89. The summed E-state index contributed by atoms with van der Waals surface area (Å²) in [6.45, 7) is 1.02. The summed E-state index contributed by atoms with van der Waals surface area (Å²) >= 11 is 6.02. The molecule has 3 rings (SSSR count). The SMILES string of the molecule is CNS(=O)(=O)N[C@H]1CC[C@H](NC(=O)O[C@@H]2CCN(c3cn[nH]c(=O)c3Cl)C2)CC1. The van der Waals surface area contributed by atoms with Crippen LogP contribution in [0.3, 0.4) is 0 Å². The molecule has 11 nitrogen and oxygen atoms in total. The number of carbonyl (C=O) groups is 1. The van der Waals surface area contributed by atoms with Crippen LogP contribution in [-0.4, -0.2) is 63.0 Å². The number of nitrogens with one attached hydrogen (secondary N) is 4. The summed E-state index contributed by atoms with van der Waals surface area (Å²) in [5, 5.41) is 8.94. The summed E-state index contributed by atoms with van der Waals surface area (Å²) in [4.78, 5) is 25.7. The number of alkyl carbamates (subject to hydrolysis) is 1. The fourth-order valence-corrected chi connectivity index (χ4v) is 4.63. The van der Waals surface area contributed by atoms with Gasteiger partial charge in [-0.3, -0.25) is 4.79 Å². The van der Waals surface area contributed by atoms with Crippen molar-refractivity contribution in [3.05, 3.63) is 21.6 Å². The summed E-state index contributed by atoms with van der Waals surface area (Å²) in [6, 6.07) is -0.195. The van der Waals surface area contributed by atoms with Crippen LogP contribution in [-0.2, 0) is 14.9 Å². The Kier molecular flexibility index (Phi) is 6.98. The van der Waals surface area contributed by atoms with Crippen molar-refractivity contribution in [3.63, 3.8) is 0 Å². The van der Waals surface area contributed by atoms with Crippen molar-refractivity contribution in [1.82, 2.24) is 25.0 Å². The molecule has 0 unspecified atom stereocenters. The average Bonchev–Trinajstić information content (AvgIpc) is 3.13. The largest absolute Gasteiger partial charge is 0.444 e. The van der Waals surface area contributed by atoms with Gasteiger partial charge in [-0.05, 0) is 25.7 Å². The van der Waals surface area contributed by atoms with Crippen molar-refractivity contribution in [1.29, 1.82) is 0 Å². The number of halogens is 1. The van der Waals surface area contributed by atoms with Crippen LogP contribution < -0.4 is 25.2 Å². The van der Waals surface area contributed by atoms with Gasteiger partial charge < -0.3 is 15.0 Å². The van der Waals surface area contributed by atoms with Crippen molar-refractivity contribution in [3.8, 4) is 0 Å². The van der Waals surface area contributed by atoms with Crippen LogP contribution in [0.1, 0.15) is 32.1 Å². The molecule has 162 valence electrons. The number of rotatable bonds is 6. The molecule has 4 N–H and O–H groups in total. The van der Waals surface area contributed by atoms with Crippen LogP contribution in [0.25, 0.3) is 0 Å². The van der Waals surface area contributed by atoms with E-state index in [-0.39, 0.29) is 23.2 Å². The van der Waals surface area contributed by atoms with Gasteiger partial charge in [0.2, 0.25) is 0 Å². The number of aromatic amines is 1. The maximum Gasteiger partial charge on any atom is 0.407 e. The van der Waals surface area contributed by atoms with Gasteiger partial charge in [-0.25, -0.2) is 14.6 Å². The first-order valence-electron chi connectivity index (χ1n) is 9.43. The molecule has 13 heteroatoms.